The van der Waals surface area contributed by atoms with Gasteiger partial charge in [-0.15, -0.1) is 0 Å². The lowest BCUT2D eigenvalue weighted by molar-refractivity contribution is 0.0492. The van der Waals surface area contributed by atoms with E-state index in [9.17, 15) is 9.90 Å². The topological polar surface area (TPSA) is 61.6 Å². The number of nitrogens with zero attached hydrogens (tertiary/aromatic N) is 4. The molecule has 6 nitrogen and oxygen atoms in total. The highest BCUT2D eigenvalue weighted by molar-refractivity contribution is 5.92. The molecule has 0 bridgehead atoms. The van der Waals surface area contributed by atoms with Crippen molar-refractivity contribution in [3.63, 3.8) is 0 Å². The van der Waals surface area contributed by atoms with Crippen LogP contribution in [0.3, 0.4) is 0 Å². The molecule has 2 atom stereocenters. The molecule has 1 fully saturated rings. The van der Waals surface area contributed by atoms with Crippen molar-refractivity contribution in [1.29, 1.82) is 0 Å². The number of carbonyl (C=O) groups is 1. The minimum absolute atomic E-state index is 0.0207. The first-order valence-electron chi connectivity index (χ1n) is 10.1. The van der Waals surface area contributed by atoms with Crippen molar-refractivity contribution < 1.29 is 9.90 Å². The number of likely N-dealkylation sites (tertiary alicyclic amines) is 1. The minimum atomic E-state index is -0.0207. The zero-order valence-corrected chi connectivity index (χ0v) is 17.2. The lowest BCUT2D eigenvalue weighted by Gasteiger charge is -2.41. The van der Waals surface area contributed by atoms with E-state index in [4.69, 9.17) is 0 Å². The lowest BCUT2D eigenvalue weighted by atomic mass is 9.84. The summed E-state index contributed by atoms with van der Waals surface area (Å²) in [7, 11) is 3.74. The van der Waals surface area contributed by atoms with E-state index in [1.54, 1.807) is 10.7 Å². The number of aliphatic hydroxyl groups excluding tert-OH is 1. The summed E-state index contributed by atoms with van der Waals surface area (Å²) in [6.07, 6.45) is 4.71. The molecule has 6 heteroatoms. The van der Waals surface area contributed by atoms with E-state index >= 15 is 0 Å². The summed E-state index contributed by atoms with van der Waals surface area (Å²) in [6.45, 7) is 4.18. The van der Waals surface area contributed by atoms with Gasteiger partial charge in [-0.2, -0.15) is 5.10 Å². The van der Waals surface area contributed by atoms with E-state index in [1.165, 1.54) is 5.56 Å². The molecule has 2 heterocycles. The number of aliphatic hydroxyl groups is 1. The summed E-state index contributed by atoms with van der Waals surface area (Å²) in [4.78, 5) is 17.3. The molecule has 1 saturated heterocycles. The number of aryl methyl sites for hydroxylation is 1. The van der Waals surface area contributed by atoms with E-state index in [2.05, 4.69) is 41.2 Å². The van der Waals surface area contributed by atoms with Crippen molar-refractivity contribution in [3.05, 3.63) is 53.9 Å². The van der Waals surface area contributed by atoms with Crippen molar-refractivity contribution in [1.82, 2.24) is 19.6 Å². The third-order valence-corrected chi connectivity index (χ3v) is 6.04. The number of aromatic nitrogens is 2. The Morgan fingerprint density at radius 2 is 1.93 bits per heavy atom. The molecule has 152 valence electrons. The van der Waals surface area contributed by atoms with Crippen LogP contribution >= 0.6 is 0 Å². The van der Waals surface area contributed by atoms with Gasteiger partial charge in [-0.05, 0) is 56.8 Å². The Kier molecular flexibility index (Phi) is 6.86. The molecular formula is C22H32N4O2. The Hall–Kier alpha value is -2.18. The molecule has 1 amide bonds. The van der Waals surface area contributed by atoms with Crippen LogP contribution in [0.2, 0.25) is 0 Å². The van der Waals surface area contributed by atoms with Crippen LogP contribution in [0.4, 0.5) is 0 Å². The van der Waals surface area contributed by atoms with E-state index in [-0.39, 0.29) is 24.6 Å². The fraction of sp³-hybridized carbons (Fsp3) is 0.545. The summed E-state index contributed by atoms with van der Waals surface area (Å²) in [5.41, 5.74) is 1.74. The molecule has 1 N–H and O–H groups in total. The van der Waals surface area contributed by atoms with Gasteiger partial charge >= 0.3 is 0 Å². The van der Waals surface area contributed by atoms with E-state index in [0.29, 0.717) is 11.6 Å². The predicted octanol–water partition coefficient (Wildman–Crippen LogP) is 2.20. The van der Waals surface area contributed by atoms with Crippen LogP contribution in [-0.2, 0) is 13.5 Å². The van der Waals surface area contributed by atoms with Gasteiger partial charge in [0, 0.05) is 32.4 Å². The highest BCUT2D eigenvalue weighted by Gasteiger charge is 2.33. The molecular weight excluding hydrogens is 352 g/mol. The third kappa shape index (κ3) is 4.80. The van der Waals surface area contributed by atoms with Gasteiger partial charge in [0.05, 0.1) is 6.61 Å². The highest BCUT2D eigenvalue weighted by atomic mass is 16.3. The molecule has 1 aliphatic heterocycles. The zero-order chi connectivity index (χ0) is 20.1. The van der Waals surface area contributed by atoms with Crippen LogP contribution < -0.4 is 0 Å². The summed E-state index contributed by atoms with van der Waals surface area (Å²) >= 11 is 0. The number of carbonyl (C=O) groups excluding carboxylic acids is 1. The maximum Gasteiger partial charge on any atom is 0.274 e. The number of benzene rings is 1. The molecule has 2 unspecified atom stereocenters. The van der Waals surface area contributed by atoms with Gasteiger partial charge in [-0.3, -0.25) is 14.4 Å². The van der Waals surface area contributed by atoms with Gasteiger partial charge < -0.3 is 10.0 Å². The number of hydrogen-bond acceptors (Lipinski definition) is 4. The van der Waals surface area contributed by atoms with Gasteiger partial charge in [-0.1, -0.05) is 30.3 Å². The maximum atomic E-state index is 13.1. The second kappa shape index (κ2) is 9.34. The number of rotatable bonds is 7. The summed E-state index contributed by atoms with van der Waals surface area (Å²) in [5.74, 6) is 0.410. The standard InChI is InChI=1S/C22H32N4O2/c1-17(16-27)26-13-9-19(10-14-26)21(15-18-7-5-4-6-8-18)25(3)22(28)20-11-12-24(2)23-20/h4-8,11-12,17,19,21,27H,9-10,13-16H2,1-3H3. The van der Waals surface area contributed by atoms with Crippen LogP contribution in [0.15, 0.2) is 42.6 Å². The van der Waals surface area contributed by atoms with Gasteiger partial charge in [0.1, 0.15) is 5.69 Å². The number of amides is 1. The SMILES string of the molecule is CC(CO)N1CCC(C(Cc2ccccc2)N(C)C(=O)c2ccn(C)n2)CC1. The van der Waals surface area contributed by atoms with E-state index in [1.807, 2.05) is 31.3 Å². The average molecular weight is 385 g/mol. The fourth-order valence-electron chi connectivity index (χ4n) is 4.20. The molecule has 0 saturated carbocycles. The summed E-state index contributed by atoms with van der Waals surface area (Å²) in [5, 5.41) is 13.7. The van der Waals surface area contributed by atoms with Crippen molar-refractivity contribution in [2.45, 2.75) is 38.3 Å². The fourth-order valence-corrected chi connectivity index (χ4v) is 4.20. The van der Waals surface area contributed by atoms with E-state index < -0.39 is 0 Å². The predicted molar refractivity (Wildman–Crippen MR) is 110 cm³/mol. The Morgan fingerprint density at radius 3 is 2.50 bits per heavy atom. The molecule has 2 aromatic rings. The molecule has 28 heavy (non-hydrogen) atoms. The summed E-state index contributed by atoms with van der Waals surface area (Å²) in [6, 6.07) is 12.5. The quantitative estimate of drug-likeness (QED) is 0.795. The van der Waals surface area contributed by atoms with Crippen LogP contribution in [0, 0.1) is 5.92 Å². The number of likely N-dealkylation sites (N-methyl/N-ethyl adjacent to an activating group) is 1. The Labute approximate surface area is 167 Å². The first kappa shape index (κ1) is 20.6. The average Bonchev–Trinajstić information content (AvgIpc) is 3.17. The molecule has 1 aromatic carbocycles. The molecule has 0 spiro atoms. The highest BCUT2D eigenvalue weighted by Crippen LogP contribution is 2.28. The Balaban J connectivity index is 1.76. The van der Waals surface area contributed by atoms with Crippen molar-refractivity contribution in [3.8, 4) is 0 Å². The minimum Gasteiger partial charge on any atom is -0.395 e. The second-order valence-corrected chi connectivity index (χ2v) is 7.95. The molecule has 1 aromatic heterocycles. The van der Waals surface area contributed by atoms with E-state index in [0.717, 1.165) is 32.4 Å². The number of piperidine rings is 1. The van der Waals surface area contributed by atoms with Gasteiger partial charge in [0.25, 0.3) is 5.91 Å². The zero-order valence-electron chi connectivity index (χ0n) is 17.2. The van der Waals surface area contributed by atoms with Crippen LogP contribution in [-0.4, -0.2) is 69.4 Å². The van der Waals surface area contributed by atoms with Gasteiger partial charge in [0.15, 0.2) is 0 Å². The molecule has 3 rings (SSSR count). The smallest absolute Gasteiger partial charge is 0.274 e. The first-order chi connectivity index (χ1) is 13.5. The molecule has 0 radical (unpaired) electrons. The van der Waals surface area contributed by atoms with Crippen LogP contribution in [0.5, 0.6) is 0 Å². The van der Waals surface area contributed by atoms with Crippen LogP contribution in [0.25, 0.3) is 0 Å². The molecule has 0 aliphatic carbocycles. The third-order valence-electron chi connectivity index (χ3n) is 6.04. The largest absolute Gasteiger partial charge is 0.395 e. The van der Waals surface area contributed by atoms with Crippen molar-refractivity contribution >= 4 is 5.91 Å². The Morgan fingerprint density at radius 1 is 1.25 bits per heavy atom. The Bertz CT molecular complexity index is 753. The molecule has 1 aliphatic rings. The monoisotopic (exact) mass is 384 g/mol. The normalized spacial score (nSPS) is 18.0. The van der Waals surface area contributed by atoms with Crippen LogP contribution in [0.1, 0.15) is 35.8 Å². The van der Waals surface area contributed by atoms with Crippen molar-refractivity contribution in [2.75, 3.05) is 26.7 Å². The van der Waals surface area contributed by atoms with Crippen molar-refractivity contribution in [2.24, 2.45) is 13.0 Å². The lowest BCUT2D eigenvalue weighted by Crippen LogP contribution is -2.49. The first-order valence-corrected chi connectivity index (χ1v) is 10.1. The van der Waals surface area contributed by atoms with Gasteiger partial charge in [-0.25, -0.2) is 0 Å². The number of hydrogen-bond donors (Lipinski definition) is 1. The second-order valence-electron chi connectivity index (χ2n) is 7.95. The van der Waals surface area contributed by atoms with Gasteiger partial charge in [0.2, 0.25) is 0 Å². The maximum absolute atomic E-state index is 13.1. The summed E-state index contributed by atoms with van der Waals surface area (Å²) < 4.78 is 1.67.